The van der Waals surface area contributed by atoms with Crippen molar-refractivity contribution in [2.75, 3.05) is 11.9 Å². The Balaban J connectivity index is 1.90. The smallest absolute Gasteiger partial charge is 0.347 e. The van der Waals surface area contributed by atoms with E-state index in [-0.39, 0.29) is 0 Å². The Morgan fingerprint density at radius 1 is 1.00 bits per heavy atom. The third-order valence-electron chi connectivity index (χ3n) is 4.21. The number of hydrogen-bond donors (Lipinski definition) is 1. The highest BCUT2D eigenvalue weighted by Gasteiger charge is 2.20. The predicted molar refractivity (Wildman–Crippen MR) is 106 cm³/mol. The molecule has 5 nitrogen and oxygen atoms in total. The molecule has 0 aliphatic heterocycles. The van der Waals surface area contributed by atoms with Crippen molar-refractivity contribution in [2.45, 2.75) is 13.8 Å². The van der Waals surface area contributed by atoms with Crippen LogP contribution in [0.25, 0.3) is 22.1 Å². The molecule has 4 aromatic rings. The second-order valence-electron chi connectivity index (χ2n) is 6.14. The number of aryl methyl sites for hydroxylation is 1. The first-order valence-corrected chi connectivity index (χ1v) is 8.78. The fourth-order valence-corrected chi connectivity index (χ4v) is 3.06. The second kappa shape index (κ2) is 7.03. The molecule has 136 valence electrons. The summed E-state index contributed by atoms with van der Waals surface area (Å²) in [6.45, 7) is 4.26. The van der Waals surface area contributed by atoms with Crippen LogP contribution >= 0.6 is 0 Å². The van der Waals surface area contributed by atoms with E-state index in [4.69, 9.17) is 13.6 Å². The molecule has 2 heterocycles. The number of ether oxygens (including phenoxy) is 1. The molecule has 2 aromatic carbocycles. The van der Waals surface area contributed by atoms with Gasteiger partial charge >= 0.3 is 5.63 Å². The lowest BCUT2D eigenvalue weighted by Crippen LogP contribution is -2.00. The molecule has 0 saturated carbocycles. The Kier molecular flexibility index (Phi) is 4.42. The summed E-state index contributed by atoms with van der Waals surface area (Å²) in [6.07, 6.45) is 0. The molecule has 0 fully saturated rings. The van der Waals surface area contributed by atoms with E-state index in [9.17, 15) is 4.79 Å². The molecule has 0 spiro atoms. The minimum Gasteiger partial charge on any atom is -0.494 e. The molecule has 27 heavy (non-hydrogen) atoms. The summed E-state index contributed by atoms with van der Waals surface area (Å²) in [6, 6.07) is 19.0. The highest BCUT2D eigenvalue weighted by atomic mass is 16.5. The van der Waals surface area contributed by atoms with Crippen molar-refractivity contribution in [1.29, 1.82) is 0 Å². The number of benzene rings is 2. The van der Waals surface area contributed by atoms with Crippen LogP contribution in [-0.4, -0.2) is 6.61 Å². The first-order valence-electron chi connectivity index (χ1n) is 8.78. The minimum absolute atomic E-state index is 0.418. The van der Waals surface area contributed by atoms with E-state index in [1.165, 1.54) is 0 Å². The quantitative estimate of drug-likeness (QED) is 0.508. The Labute approximate surface area is 156 Å². The van der Waals surface area contributed by atoms with Crippen molar-refractivity contribution in [2.24, 2.45) is 0 Å². The summed E-state index contributed by atoms with van der Waals surface area (Å²) in [5.41, 5.74) is 2.45. The third kappa shape index (κ3) is 3.31. The normalized spacial score (nSPS) is 10.9. The van der Waals surface area contributed by atoms with Crippen molar-refractivity contribution >= 4 is 22.5 Å². The number of rotatable bonds is 5. The van der Waals surface area contributed by atoms with Gasteiger partial charge in [-0.15, -0.1) is 0 Å². The summed E-state index contributed by atoms with van der Waals surface area (Å²) in [5, 5.41) is 3.69. The third-order valence-corrected chi connectivity index (χ3v) is 4.21. The maximum Gasteiger partial charge on any atom is 0.347 e. The van der Waals surface area contributed by atoms with Gasteiger partial charge in [0.15, 0.2) is 0 Å². The van der Waals surface area contributed by atoms with Crippen LogP contribution in [0, 0.1) is 6.92 Å². The Hall–Kier alpha value is -3.47. The monoisotopic (exact) mass is 361 g/mol. The summed E-state index contributed by atoms with van der Waals surface area (Å²) in [5.74, 6) is 1.78. The van der Waals surface area contributed by atoms with E-state index in [0.29, 0.717) is 34.8 Å². The van der Waals surface area contributed by atoms with Crippen molar-refractivity contribution in [3.05, 3.63) is 76.8 Å². The van der Waals surface area contributed by atoms with E-state index >= 15 is 0 Å². The first-order chi connectivity index (χ1) is 13.2. The lowest BCUT2D eigenvalue weighted by Gasteiger charge is -2.08. The largest absolute Gasteiger partial charge is 0.494 e. The maximum atomic E-state index is 12.5. The van der Waals surface area contributed by atoms with Crippen LogP contribution in [0.2, 0.25) is 0 Å². The number of furan rings is 1. The fraction of sp³-hybridized carbons (Fsp3) is 0.136. The maximum absolute atomic E-state index is 12.5. The van der Waals surface area contributed by atoms with Gasteiger partial charge in [-0.25, -0.2) is 4.79 Å². The molecule has 2 aromatic heterocycles. The van der Waals surface area contributed by atoms with Crippen LogP contribution in [0.3, 0.4) is 0 Å². The molecule has 0 bridgehead atoms. The van der Waals surface area contributed by atoms with E-state index < -0.39 is 5.63 Å². The van der Waals surface area contributed by atoms with Crippen LogP contribution in [-0.2, 0) is 0 Å². The number of para-hydroxylation sites is 1. The molecule has 0 atom stereocenters. The molecule has 0 amide bonds. The number of hydrogen-bond acceptors (Lipinski definition) is 5. The van der Waals surface area contributed by atoms with Gasteiger partial charge in [0.1, 0.15) is 22.5 Å². The van der Waals surface area contributed by atoms with Gasteiger partial charge in [0, 0.05) is 11.8 Å². The molecule has 0 aliphatic carbocycles. The molecule has 4 rings (SSSR count). The summed E-state index contributed by atoms with van der Waals surface area (Å²) in [4.78, 5) is 12.5. The number of anilines is 2. The van der Waals surface area contributed by atoms with E-state index in [2.05, 4.69) is 5.32 Å². The van der Waals surface area contributed by atoms with Gasteiger partial charge in [-0.3, -0.25) is 0 Å². The zero-order chi connectivity index (χ0) is 18.8. The summed E-state index contributed by atoms with van der Waals surface area (Å²) < 4.78 is 16.8. The second-order valence-corrected chi connectivity index (χ2v) is 6.14. The molecule has 0 radical (unpaired) electrons. The zero-order valence-corrected chi connectivity index (χ0v) is 15.1. The summed E-state index contributed by atoms with van der Waals surface area (Å²) >= 11 is 0. The van der Waals surface area contributed by atoms with E-state index in [1.807, 2.05) is 61.5 Å². The van der Waals surface area contributed by atoms with Crippen molar-refractivity contribution < 1.29 is 13.6 Å². The SMILES string of the molecule is CCOc1ccc(-c2c(Nc3ccccc3)oc3cc(C)oc(=O)c23)cc1. The Bertz CT molecular complexity index is 1120. The average Bonchev–Trinajstić information content (AvgIpc) is 3.01. The molecule has 1 N–H and O–H groups in total. The van der Waals surface area contributed by atoms with Gasteiger partial charge in [-0.2, -0.15) is 0 Å². The lowest BCUT2D eigenvalue weighted by molar-refractivity contribution is 0.340. The molecule has 0 aliphatic rings. The zero-order valence-electron chi connectivity index (χ0n) is 15.1. The van der Waals surface area contributed by atoms with Gasteiger partial charge < -0.3 is 18.9 Å². The van der Waals surface area contributed by atoms with Crippen LogP contribution in [0.1, 0.15) is 12.7 Å². The first kappa shape index (κ1) is 17.0. The standard InChI is InChI=1S/C22H19NO4/c1-3-25-17-11-9-15(10-12-17)19-20-18(13-14(2)26-22(20)24)27-21(19)23-16-7-5-4-6-8-16/h4-13,23H,3H2,1-2H3. The van der Waals surface area contributed by atoms with Crippen LogP contribution in [0.15, 0.2) is 74.3 Å². The van der Waals surface area contributed by atoms with Crippen molar-refractivity contribution in [1.82, 2.24) is 0 Å². The van der Waals surface area contributed by atoms with Gasteiger partial charge in [0.05, 0.1) is 12.2 Å². The van der Waals surface area contributed by atoms with Gasteiger partial charge in [-0.05, 0) is 43.7 Å². The van der Waals surface area contributed by atoms with Crippen LogP contribution in [0.5, 0.6) is 5.75 Å². The van der Waals surface area contributed by atoms with Crippen LogP contribution in [0.4, 0.5) is 11.6 Å². The van der Waals surface area contributed by atoms with Crippen molar-refractivity contribution in [3.63, 3.8) is 0 Å². The molecular formula is C22H19NO4. The predicted octanol–water partition coefficient (Wildman–Crippen LogP) is 5.50. The highest BCUT2D eigenvalue weighted by molar-refractivity contribution is 6.00. The van der Waals surface area contributed by atoms with E-state index in [0.717, 1.165) is 17.0 Å². The average molecular weight is 361 g/mol. The van der Waals surface area contributed by atoms with Gasteiger partial charge in [-0.1, -0.05) is 30.3 Å². The van der Waals surface area contributed by atoms with Crippen LogP contribution < -0.4 is 15.7 Å². The van der Waals surface area contributed by atoms with E-state index in [1.54, 1.807) is 13.0 Å². The molecule has 0 saturated heterocycles. The van der Waals surface area contributed by atoms with Gasteiger partial charge in [0.2, 0.25) is 5.88 Å². The topological polar surface area (TPSA) is 64.6 Å². The minimum atomic E-state index is -0.418. The lowest BCUT2D eigenvalue weighted by atomic mass is 10.0. The highest BCUT2D eigenvalue weighted by Crippen LogP contribution is 2.39. The number of fused-ring (bicyclic) bond motifs is 1. The molecular weight excluding hydrogens is 342 g/mol. The van der Waals surface area contributed by atoms with Gasteiger partial charge in [0.25, 0.3) is 0 Å². The Morgan fingerprint density at radius 3 is 2.44 bits per heavy atom. The number of nitrogens with one attached hydrogen (secondary N) is 1. The Morgan fingerprint density at radius 2 is 1.74 bits per heavy atom. The fourth-order valence-electron chi connectivity index (χ4n) is 3.06. The summed E-state index contributed by atoms with van der Waals surface area (Å²) in [7, 11) is 0. The molecule has 5 heteroatoms. The molecule has 0 unspecified atom stereocenters. The van der Waals surface area contributed by atoms with Crippen molar-refractivity contribution in [3.8, 4) is 16.9 Å².